The lowest BCUT2D eigenvalue weighted by Gasteiger charge is -2.31. The van der Waals surface area contributed by atoms with Crippen molar-refractivity contribution in [2.24, 2.45) is 0 Å². The van der Waals surface area contributed by atoms with Gasteiger partial charge in [0.2, 0.25) is 11.4 Å². The zero-order valence-corrected chi connectivity index (χ0v) is 27.3. The maximum atomic E-state index is 14.8. The van der Waals surface area contributed by atoms with Gasteiger partial charge in [0.15, 0.2) is 0 Å². The van der Waals surface area contributed by atoms with Crippen molar-refractivity contribution in [2.75, 3.05) is 11.9 Å². The smallest absolute Gasteiger partial charge is 0.351 e. The van der Waals surface area contributed by atoms with Crippen LogP contribution in [0.25, 0.3) is 4.85 Å². The van der Waals surface area contributed by atoms with Gasteiger partial charge in [-0.1, -0.05) is 46.3 Å². The molecule has 0 aliphatic heterocycles. The van der Waals surface area contributed by atoms with Crippen molar-refractivity contribution < 1.29 is 36.2 Å². The summed E-state index contributed by atoms with van der Waals surface area (Å²) in [4.78, 5) is 21.6. The van der Waals surface area contributed by atoms with Crippen molar-refractivity contribution in [3.8, 4) is 6.07 Å². The Kier molecular flexibility index (Phi) is 13.9. The van der Waals surface area contributed by atoms with E-state index in [9.17, 15) is 36.2 Å². The Balaban J connectivity index is 0.000000283. The molecule has 2 heterocycles. The van der Waals surface area contributed by atoms with Crippen molar-refractivity contribution in [3.63, 3.8) is 0 Å². The number of ketones is 1. The summed E-state index contributed by atoms with van der Waals surface area (Å²) in [5.41, 5.74) is -5.77. The largest absolute Gasteiger partial charge is 0.373 e. The molecule has 0 aliphatic rings. The lowest BCUT2D eigenvalue weighted by atomic mass is 9.85. The van der Waals surface area contributed by atoms with Crippen molar-refractivity contribution in [1.29, 1.82) is 5.26 Å². The third-order valence-corrected chi connectivity index (χ3v) is 6.90. The van der Waals surface area contributed by atoms with Gasteiger partial charge in [-0.3, -0.25) is 14.8 Å². The van der Waals surface area contributed by atoms with E-state index in [-0.39, 0.29) is 0 Å². The molecule has 2 aromatic carbocycles. The molecule has 0 fully saturated rings. The molecule has 0 amide bonds. The molecule has 0 spiro atoms. The first-order chi connectivity index (χ1) is 21.2. The number of pyridine rings is 2. The minimum atomic E-state index is -3.94. The second kappa shape index (κ2) is 16.6. The van der Waals surface area contributed by atoms with Crippen LogP contribution in [-0.2, 0) is 17.4 Å². The number of rotatable bonds is 7. The number of nitrogens with zero attached hydrogens (tertiary/aromatic N) is 4. The molecule has 1 unspecified atom stereocenters. The van der Waals surface area contributed by atoms with Gasteiger partial charge in [0.1, 0.15) is 23.0 Å². The van der Waals surface area contributed by atoms with Crippen LogP contribution in [0.2, 0.25) is 0 Å². The third kappa shape index (κ3) is 9.20. The molecule has 15 heteroatoms. The van der Waals surface area contributed by atoms with Gasteiger partial charge in [0, 0.05) is 26.9 Å². The number of halogens is 9. The van der Waals surface area contributed by atoms with E-state index in [1.54, 1.807) is 0 Å². The monoisotopic (exact) mass is 818 g/mol. The van der Waals surface area contributed by atoms with Crippen LogP contribution in [0.4, 0.5) is 26.3 Å². The van der Waals surface area contributed by atoms with Crippen LogP contribution in [0, 0.1) is 29.5 Å². The Labute approximate surface area is 279 Å². The molecule has 234 valence electrons. The van der Waals surface area contributed by atoms with E-state index < -0.39 is 63.9 Å². The van der Waals surface area contributed by atoms with Gasteiger partial charge in [-0.25, -0.2) is 15.4 Å². The number of Topliss-reactive ketones (excluding diaryl/α,β-unsaturated/α-hetero) is 1. The number of aliphatic hydroxyl groups is 1. The number of benzene rings is 2. The van der Waals surface area contributed by atoms with Crippen LogP contribution in [0.15, 0.2) is 94.1 Å². The number of hydrogen-bond acceptors (Lipinski definition) is 5. The van der Waals surface area contributed by atoms with Gasteiger partial charge in [0.05, 0.1) is 17.0 Å². The first-order valence-electron chi connectivity index (χ1n) is 12.2. The molecule has 1 atom stereocenters. The second-order valence-corrected chi connectivity index (χ2v) is 11.0. The fourth-order valence-electron chi connectivity index (χ4n) is 3.53. The predicted octanol–water partition coefficient (Wildman–Crippen LogP) is 8.74. The summed E-state index contributed by atoms with van der Waals surface area (Å²) in [6.45, 7) is 5.83. The lowest BCUT2D eigenvalue weighted by Crippen LogP contribution is -2.46. The average Bonchev–Trinajstić information content (AvgIpc) is 3.02. The van der Waals surface area contributed by atoms with Gasteiger partial charge in [-0.05, 0) is 74.3 Å². The van der Waals surface area contributed by atoms with Crippen molar-refractivity contribution >= 4 is 53.6 Å². The molecule has 0 saturated carbocycles. The molecule has 0 saturated heterocycles. The van der Waals surface area contributed by atoms with Gasteiger partial charge < -0.3 is 9.95 Å². The number of nitriles is 1. The molecule has 45 heavy (non-hydrogen) atoms. The summed E-state index contributed by atoms with van der Waals surface area (Å²) in [5.74, 6) is -11.4. The molecule has 6 nitrogen and oxygen atoms in total. The zero-order valence-electron chi connectivity index (χ0n) is 22.5. The molecule has 0 aliphatic carbocycles. The van der Waals surface area contributed by atoms with E-state index in [1.807, 2.05) is 6.07 Å². The predicted molar refractivity (Wildman–Crippen MR) is 164 cm³/mol. The fraction of sp³-hybridized carbons (Fsp3) is 0.167. The van der Waals surface area contributed by atoms with Crippen molar-refractivity contribution in [1.82, 2.24) is 9.97 Å². The first kappa shape index (κ1) is 37.6. The molecular weight excluding hydrogens is 802 g/mol. The van der Waals surface area contributed by atoms with Crippen molar-refractivity contribution in [2.45, 2.75) is 17.4 Å². The SMILES string of the molecule is N#CCBr.O=C(c1ccccc1F)C(F)(F)c1ccc(Br)cn1.[C-]#[N+]CC(O)(c1ccccc1F)C(F)(F)c1ccc(Br)cn1. The van der Waals surface area contributed by atoms with E-state index in [4.69, 9.17) is 11.8 Å². The second-order valence-electron chi connectivity index (χ2n) is 8.63. The van der Waals surface area contributed by atoms with E-state index in [0.29, 0.717) is 14.3 Å². The quantitative estimate of drug-likeness (QED) is 0.0872. The summed E-state index contributed by atoms with van der Waals surface area (Å²) < 4.78 is 85.7. The van der Waals surface area contributed by atoms with Crippen LogP contribution in [0.3, 0.4) is 0 Å². The lowest BCUT2D eigenvalue weighted by molar-refractivity contribution is -0.190. The fourth-order valence-corrected chi connectivity index (χ4v) is 4.00. The van der Waals surface area contributed by atoms with Gasteiger partial charge >= 0.3 is 11.8 Å². The maximum absolute atomic E-state index is 14.8. The van der Waals surface area contributed by atoms with Crippen LogP contribution in [0.5, 0.6) is 0 Å². The zero-order chi connectivity index (χ0) is 33.8. The van der Waals surface area contributed by atoms with E-state index in [0.717, 1.165) is 48.8 Å². The van der Waals surface area contributed by atoms with Crippen LogP contribution < -0.4 is 0 Å². The Bertz CT molecular complexity index is 1680. The highest BCUT2D eigenvalue weighted by Crippen LogP contribution is 2.46. The average molecular weight is 821 g/mol. The van der Waals surface area contributed by atoms with Gasteiger partial charge in [-0.2, -0.15) is 22.8 Å². The minimum Gasteiger partial charge on any atom is -0.373 e. The number of alkyl halides is 5. The summed E-state index contributed by atoms with van der Waals surface area (Å²) in [5, 5.41) is 18.5. The number of aromatic nitrogens is 2. The summed E-state index contributed by atoms with van der Waals surface area (Å²) >= 11 is 9.01. The Hall–Kier alpha value is -3.63. The number of carbonyl (C=O) groups excluding carboxylic acids is 1. The molecule has 4 rings (SSSR count). The van der Waals surface area contributed by atoms with Crippen LogP contribution >= 0.6 is 47.8 Å². The van der Waals surface area contributed by atoms with E-state index in [2.05, 4.69) is 62.6 Å². The van der Waals surface area contributed by atoms with Gasteiger partial charge in [-0.15, -0.1) is 0 Å². The normalized spacial score (nSPS) is 12.2. The summed E-state index contributed by atoms with van der Waals surface area (Å²) in [6.07, 6.45) is 2.29. The van der Waals surface area contributed by atoms with Gasteiger partial charge in [0.25, 0.3) is 6.54 Å². The summed E-state index contributed by atoms with van der Waals surface area (Å²) in [6, 6.07) is 15.8. The molecule has 1 N–H and O–H groups in total. The molecule has 0 bridgehead atoms. The topological polar surface area (TPSA) is 91.2 Å². The van der Waals surface area contributed by atoms with E-state index in [1.165, 1.54) is 36.4 Å². The molecule has 4 aromatic rings. The molecular formula is C30H19Br3F6N4O2. The Morgan fingerprint density at radius 1 is 0.867 bits per heavy atom. The van der Waals surface area contributed by atoms with Crippen LogP contribution in [0.1, 0.15) is 27.3 Å². The number of hydrogen-bond donors (Lipinski definition) is 1. The van der Waals surface area contributed by atoms with Crippen LogP contribution in [-0.4, -0.2) is 32.7 Å². The summed E-state index contributed by atoms with van der Waals surface area (Å²) in [7, 11) is 0. The maximum Gasteiger partial charge on any atom is 0.351 e. The number of carbonyl (C=O) groups is 1. The van der Waals surface area contributed by atoms with E-state index >= 15 is 0 Å². The standard InChI is InChI=1S/C15H10BrF3N2O.C13H7BrF3NO.C2H2BrN/c1-20-9-14(22,11-4-2-3-5-12(11)17)15(18,19)13-7-6-10(16)8-21-13;14-8-5-6-11(18-7-8)13(16,17)12(19)9-3-1-2-4-10(9)15;3-1-2-4/h2-8,22H,9H2;1-7H;1H2. The van der Waals surface area contributed by atoms with Crippen molar-refractivity contribution in [3.05, 3.63) is 140 Å². The highest BCUT2D eigenvalue weighted by molar-refractivity contribution is 9.10. The molecule has 2 aromatic heterocycles. The first-order valence-corrected chi connectivity index (χ1v) is 14.9. The molecule has 0 radical (unpaired) electrons. The highest BCUT2D eigenvalue weighted by atomic mass is 79.9. The minimum absolute atomic E-state index is 0.438. The third-order valence-electron chi connectivity index (χ3n) is 5.71. The highest BCUT2D eigenvalue weighted by Gasteiger charge is 2.60. The Morgan fingerprint density at radius 2 is 1.36 bits per heavy atom. The Morgan fingerprint density at radius 3 is 1.80 bits per heavy atom.